The van der Waals surface area contributed by atoms with E-state index in [9.17, 15) is 0 Å². The van der Waals surface area contributed by atoms with Crippen LogP contribution in [0.4, 0.5) is 0 Å². The van der Waals surface area contributed by atoms with Crippen LogP contribution in [0.15, 0.2) is 0 Å². The van der Waals surface area contributed by atoms with Crippen LogP contribution in [-0.4, -0.2) is 24.7 Å². The number of rotatable bonds is 4. The molecule has 13 heavy (non-hydrogen) atoms. The molecule has 1 aliphatic heterocycles. The Labute approximate surface area is 81.5 Å². The van der Waals surface area contributed by atoms with E-state index in [1.165, 1.54) is 38.8 Å². The molecule has 2 heteroatoms. The Morgan fingerprint density at radius 1 is 1.54 bits per heavy atom. The van der Waals surface area contributed by atoms with Gasteiger partial charge in [0.05, 0.1) is 0 Å². The summed E-state index contributed by atoms with van der Waals surface area (Å²) in [6.45, 7) is 7.03. The molecule has 2 fully saturated rings. The molecule has 0 aromatic rings. The van der Waals surface area contributed by atoms with Crippen molar-refractivity contribution in [3.63, 3.8) is 0 Å². The maximum atomic E-state index is 3.68. The molecule has 2 nitrogen and oxygen atoms in total. The van der Waals surface area contributed by atoms with Crippen LogP contribution >= 0.6 is 0 Å². The van der Waals surface area contributed by atoms with Crippen molar-refractivity contribution in [3.05, 3.63) is 0 Å². The van der Waals surface area contributed by atoms with E-state index >= 15 is 0 Å². The van der Waals surface area contributed by atoms with Crippen LogP contribution in [0.25, 0.3) is 0 Å². The minimum absolute atomic E-state index is 0.433. The third-order valence-corrected chi connectivity index (χ3v) is 3.82. The molecular weight excluding hydrogens is 160 g/mol. The summed E-state index contributed by atoms with van der Waals surface area (Å²) in [4.78, 5) is 0. The summed E-state index contributed by atoms with van der Waals surface area (Å²) >= 11 is 0. The maximum absolute atomic E-state index is 3.68. The fraction of sp³-hybridized carbons (Fsp3) is 1.00. The highest BCUT2D eigenvalue weighted by molar-refractivity contribution is 4.98. The Bertz CT molecular complexity index is 173. The zero-order chi connectivity index (χ0) is 9.31. The van der Waals surface area contributed by atoms with E-state index in [2.05, 4.69) is 24.5 Å². The molecule has 0 radical (unpaired) electrons. The van der Waals surface area contributed by atoms with E-state index in [1.807, 2.05) is 0 Å². The van der Waals surface area contributed by atoms with Crippen LogP contribution in [0.5, 0.6) is 0 Å². The minimum Gasteiger partial charge on any atom is -0.312 e. The summed E-state index contributed by atoms with van der Waals surface area (Å²) in [7, 11) is 0. The van der Waals surface area contributed by atoms with E-state index in [1.54, 1.807) is 0 Å². The van der Waals surface area contributed by atoms with Gasteiger partial charge in [-0.15, -0.1) is 0 Å². The van der Waals surface area contributed by atoms with Crippen LogP contribution in [0.1, 0.15) is 39.5 Å². The van der Waals surface area contributed by atoms with Gasteiger partial charge >= 0.3 is 0 Å². The monoisotopic (exact) mass is 182 g/mol. The average molecular weight is 182 g/mol. The van der Waals surface area contributed by atoms with E-state index in [-0.39, 0.29) is 0 Å². The molecule has 1 saturated carbocycles. The molecule has 0 amide bonds. The molecule has 0 spiro atoms. The van der Waals surface area contributed by atoms with E-state index in [4.69, 9.17) is 0 Å². The lowest BCUT2D eigenvalue weighted by Gasteiger charge is -2.28. The molecule has 3 atom stereocenters. The van der Waals surface area contributed by atoms with Crippen LogP contribution in [0.2, 0.25) is 0 Å². The molecule has 0 bridgehead atoms. The van der Waals surface area contributed by atoms with Gasteiger partial charge in [-0.3, -0.25) is 0 Å². The molecule has 1 saturated heterocycles. The van der Waals surface area contributed by atoms with Crippen LogP contribution in [-0.2, 0) is 0 Å². The molecule has 2 N–H and O–H groups in total. The summed E-state index contributed by atoms with van der Waals surface area (Å²) in [6.07, 6.45) is 5.37. The molecule has 3 unspecified atom stereocenters. The second-order valence-electron chi connectivity index (χ2n) is 4.86. The lowest BCUT2D eigenvalue weighted by molar-refractivity contribution is 0.337. The largest absolute Gasteiger partial charge is 0.312 e. The second kappa shape index (κ2) is 3.58. The van der Waals surface area contributed by atoms with Gasteiger partial charge in [0, 0.05) is 18.1 Å². The predicted octanol–water partition coefficient (Wildman–Crippen LogP) is 1.52. The number of nitrogens with one attached hydrogen (secondary N) is 2. The molecule has 1 heterocycles. The zero-order valence-electron chi connectivity index (χ0n) is 8.90. The van der Waals surface area contributed by atoms with Crippen molar-refractivity contribution in [2.45, 2.75) is 51.1 Å². The topological polar surface area (TPSA) is 24.1 Å². The van der Waals surface area contributed by atoms with E-state index in [0.717, 1.165) is 12.0 Å². The number of hydrogen-bond acceptors (Lipinski definition) is 2. The summed E-state index contributed by atoms with van der Waals surface area (Å²) < 4.78 is 0. The molecule has 1 aliphatic carbocycles. The van der Waals surface area contributed by atoms with Gasteiger partial charge in [0.25, 0.3) is 0 Å². The first-order valence-corrected chi connectivity index (χ1v) is 5.74. The lowest BCUT2D eigenvalue weighted by Crippen LogP contribution is -2.48. The van der Waals surface area contributed by atoms with E-state index in [0.29, 0.717) is 5.54 Å². The quantitative estimate of drug-likeness (QED) is 0.689. The Kier molecular flexibility index (Phi) is 2.61. The summed E-state index contributed by atoms with van der Waals surface area (Å²) in [6, 6.07) is 0.825. The van der Waals surface area contributed by atoms with Crippen molar-refractivity contribution in [3.8, 4) is 0 Å². The maximum Gasteiger partial charge on any atom is 0.0304 e. The highest BCUT2D eigenvalue weighted by Gasteiger charge is 2.36. The first kappa shape index (κ1) is 9.47. The average Bonchev–Trinajstić information content (AvgIpc) is 2.69. The van der Waals surface area contributed by atoms with Crippen LogP contribution in [0.3, 0.4) is 0 Å². The third-order valence-electron chi connectivity index (χ3n) is 3.82. The highest BCUT2D eigenvalue weighted by atomic mass is 15.1. The molecule has 0 aromatic carbocycles. The van der Waals surface area contributed by atoms with Crippen molar-refractivity contribution in [1.29, 1.82) is 0 Å². The lowest BCUT2D eigenvalue weighted by atomic mass is 9.94. The highest BCUT2D eigenvalue weighted by Crippen LogP contribution is 2.30. The van der Waals surface area contributed by atoms with Crippen LogP contribution in [0, 0.1) is 5.92 Å². The fourth-order valence-electron chi connectivity index (χ4n) is 2.38. The van der Waals surface area contributed by atoms with E-state index < -0.39 is 0 Å². The molecule has 2 rings (SSSR count). The Morgan fingerprint density at radius 2 is 2.31 bits per heavy atom. The van der Waals surface area contributed by atoms with Gasteiger partial charge in [0.2, 0.25) is 0 Å². The van der Waals surface area contributed by atoms with Gasteiger partial charge in [0.1, 0.15) is 0 Å². The van der Waals surface area contributed by atoms with Crippen molar-refractivity contribution in [2.75, 3.05) is 13.1 Å². The molecular formula is C11H22N2. The van der Waals surface area contributed by atoms with Crippen molar-refractivity contribution < 1.29 is 0 Å². The van der Waals surface area contributed by atoms with Crippen molar-refractivity contribution >= 4 is 0 Å². The van der Waals surface area contributed by atoms with Crippen LogP contribution < -0.4 is 10.6 Å². The van der Waals surface area contributed by atoms with Crippen molar-refractivity contribution in [2.24, 2.45) is 5.92 Å². The SMILES string of the molecule is CCC1(CNC2CC2C)CCCN1. The number of hydrogen-bond donors (Lipinski definition) is 2. The standard InChI is InChI=1S/C11H22N2/c1-3-11(5-4-6-13-11)8-12-10-7-9(10)2/h9-10,12-13H,3-8H2,1-2H3. The first-order chi connectivity index (χ1) is 6.26. The van der Waals surface area contributed by atoms with Crippen molar-refractivity contribution in [1.82, 2.24) is 10.6 Å². The summed E-state index contributed by atoms with van der Waals surface area (Å²) in [5, 5.41) is 7.33. The Balaban J connectivity index is 1.77. The predicted molar refractivity (Wildman–Crippen MR) is 55.8 cm³/mol. The normalized spacial score (nSPS) is 43.8. The summed E-state index contributed by atoms with van der Waals surface area (Å²) in [5.41, 5.74) is 0.433. The molecule has 0 aromatic heterocycles. The van der Waals surface area contributed by atoms with Gasteiger partial charge in [-0.2, -0.15) is 0 Å². The Morgan fingerprint density at radius 3 is 2.77 bits per heavy atom. The van der Waals surface area contributed by atoms with Gasteiger partial charge in [0.15, 0.2) is 0 Å². The molecule has 2 aliphatic rings. The fourth-order valence-corrected chi connectivity index (χ4v) is 2.38. The van der Waals surface area contributed by atoms with Gasteiger partial charge < -0.3 is 10.6 Å². The smallest absolute Gasteiger partial charge is 0.0304 e. The van der Waals surface area contributed by atoms with Gasteiger partial charge in [-0.1, -0.05) is 13.8 Å². The third kappa shape index (κ3) is 2.05. The van der Waals surface area contributed by atoms with Gasteiger partial charge in [-0.25, -0.2) is 0 Å². The van der Waals surface area contributed by atoms with Gasteiger partial charge in [-0.05, 0) is 38.1 Å². The Hall–Kier alpha value is -0.0800. The second-order valence-corrected chi connectivity index (χ2v) is 4.86. The molecule has 76 valence electrons. The zero-order valence-corrected chi connectivity index (χ0v) is 8.90. The summed E-state index contributed by atoms with van der Waals surface area (Å²) in [5.74, 6) is 0.926. The first-order valence-electron chi connectivity index (χ1n) is 5.74. The minimum atomic E-state index is 0.433.